The zero-order chi connectivity index (χ0) is 6.69. The number of aliphatic hydroxyl groups excluding tert-OH is 1. The molecule has 0 saturated carbocycles. The summed E-state index contributed by atoms with van der Waals surface area (Å²) < 4.78 is 1.09. The summed E-state index contributed by atoms with van der Waals surface area (Å²) in [5, 5.41) is 8.71. The fourth-order valence-corrected chi connectivity index (χ4v) is 1.13. The van der Waals surface area contributed by atoms with E-state index in [4.69, 9.17) is 5.11 Å². The monoisotopic (exact) mass is 182 g/mol. The van der Waals surface area contributed by atoms with Crippen LogP contribution in [-0.4, -0.2) is 22.0 Å². The van der Waals surface area contributed by atoms with Crippen LogP contribution in [0.1, 0.15) is 5.56 Å². The molecule has 0 aliphatic rings. The van der Waals surface area contributed by atoms with Crippen molar-refractivity contribution in [3.05, 3.63) is 29.8 Å². The SMILES string of the molecule is OCc1ccccc1[As]. The van der Waals surface area contributed by atoms with Gasteiger partial charge in [-0.1, -0.05) is 0 Å². The van der Waals surface area contributed by atoms with Crippen molar-refractivity contribution >= 4 is 21.2 Å². The molecule has 0 spiro atoms. The minimum absolute atomic E-state index is 0.130. The van der Waals surface area contributed by atoms with Crippen molar-refractivity contribution in [2.45, 2.75) is 6.61 Å². The van der Waals surface area contributed by atoms with E-state index in [2.05, 4.69) is 16.9 Å². The number of benzene rings is 1. The van der Waals surface area contributed by atoms with Crippen LogP contribution in [0.25, 0.3) is 0 Å². The molecule has 0 bridgehead atoms. The Morgan fingerprint density at radius 3 is 2.44 bits per heavy atom. The predicted octanol–water partition coefficient (Wildman–Crippen LogP) is -0.0273. The van der Waals surface area contributed by atoms with Crippen molar-refractivity contribution in [1.29, 1.82) is 0 Å². The van der Waals surface area contributed by atoms with Gasteiger partial charge in [-0.05, 0) is 0 Å². The molecule has 0 unspecified atom stereocenters. The van der Waals surface area contributed by atoms with Crippen LogP contribution in [0.5, 0.6) is 0 Å². The first-order valence-corrected chi connectivity index (χ1v) is 3.66. The molecule has 0 atom stereocenters. The van der Waals surface area contributed by atoms with E-state index < -0.39 is 0 Å². The molecule has 0 aliphatic carbocycles. The van der Waals surface area contributed by atoms with E-state index in [-0.39, 0.29) is 6.61 Å². The minimum atomic E-state index is 0.130. The standard InChI is InChI=1S/C7H7AsO/c8-7-4-2-1-3-6(7)5-9/h1-4,9H,5H2. The second-order valence-corrected chi connectivity index (χ2v) is 2.80. The van der Waals surface area contributed by atoms with Crippen molar-refractivity contribution in [3.8, 4) is 0 Å². The third-order valence-electron chi connectivity index (χ3n) is 1.16. The Kier molecular flexibility index (Phi) is 2.32. The van der Waals surface area contributed by atoms with Crippen LogP contribution in [0.15, 0.2) is 24.3 Å². The summed E-state index contributed by atoms with van der Waals surface area (Å²) in [7, 11) is 0. The van der Waals surface area contributed by atoms with Gasteiger partial charge >= 0.3 is 62.7 Å². The average Bonchev–Trinajstić information content (AvgIpc) is 1.89. The van der Waals surface area contributed by atoms with Gasteiger partial charge in [0.1, 0.15) is 0 Å². The molecule has 0 amide bonds. The van der Waals surface area contributed by atoms with Gasteiger partial charge in [-0.2, -0.15) is 0 Å². The average molecular weight is 182 g/mol. The molecule has 1 N–H and O–H groups in total. The quantitative estimate of drug-likeness (QED) is 0.605. The van der Waals surface area contributed by atoms with Gasteiger partial charge in [0.2, 0.25) is 0 Å². The van der Waals surface area contributed by atoms with E-state index in [1.165, 1.54) is 0 Å². The van der Waals surface area contributed by atoms with Gasteiger partial charge in [0.25, 0.3) is 0 Å². The molecule has 2 heteroatoms. The van der Waals surface area contributed by atoms with Crippen molar-refractivity contribution in [3.63, 3.8) is 0 Å². The summed E-state index contributed by atoms with van der Waals surface area (Å²) in [4.78, 5) is 0. The van der Waals surface area contributed by atoms with Gasteiger partial charge in [-0.25, -0.2) is 0 Å². The second kappa shape index (κ2) is 3.05. The van der Waals surface area contributed by atoms with Gasteiger partial charge in [0.05, 0.1) is 0 Å². The first-order chi connectivity index (χ1) is 4.34. The van der Waals surface area contributed by atoms with E-state index >= 15 is 0 Å². The van der Waals surface area contributed by atoms with Crippen molar-refractivity contribution in [2.75, 3.05) is 0 Å². The van der Waals surface area contributed by atoms with Crippen molar-refractivity contribution in [1.82, 2.24) is 0 Å². The zero-order valence-electron chi connectivity index (χ0n) is 4.91. The van der Waals surface area contributed by atoms with Crippen LogP contribution in [0.4, 0.5) is 0 Å². The normalized spacial score (nSPS) is 9.56. The van der Waals surface area contributed by atoms with E-state index in [9.17, 15) is 0 Å². The van der Waals surface area contributed by atoms with E-state index in [0.29, 0.717) is 0 Å². The van der Waals surface area contributed by atoms with Gasteiger partial charge in [0.15, 0.2) is 0 Å². The summed E-state index contributed by atoms with van der Waals surface area (Å²) in [5.41, 5.74) is 0.984. The van der Waals surface area contributed by atoms with Gasteiger partial charge < -0.3 is 0 Å². The van der Waals surface area contributed by atoms with Gasteiger partial charge in [-0.15, -0.1) is 0 Å². The number of hydrogen-bond donors (Lipinski definition) is 1. The topological polar surface area (TPSA) is 20.2 Å². The molecular formula is C7H7AsO. The predicted molar refractivity (Wildman–Crippen MR) is 37.8 cm³/mol. The van der Waals surface area contributed by atoms with Crippen LogP contribution < -0.4 is 4.35 Å². The Bertz CT molecular complexity index is 198. The second-order valence-electron chi connectivity index (χ2n) is 1.79. The van der Waals surface area contributed by atoms with Crippen LogP contribution >= 0.6 is 0 Å². The number of aliphatic hydroxyl groups is 1. The Morgan fingerprint density at radius 1 is 1.33 bits per heavy atom. The molecule has 0 aliphatic heterocycles. The Hall–Kier alpha value is -0.262. The molecule has 1 aromatic rings. The molecule has 0 saturated heterocycles. The fraction of sp³-hybridized carbons (Fsp3) is 0.143. The van der Waals surface area contributed by atoms with Gasteiger partial charge in [-0.3, -0.25) is 0 Å². The molecule has 46 valence electrons. The third-order valence-corrected chi connectivity index (χ3v) is 2.08. The maximum atomic E-state index is 8.71. The van der Waals surface area contributed by atoms with Gasteiger partial charge in [0, 0.05) is 0 Å². The van der Waals surface area contributed by atoms with Crippen LogP contribution in [0, 0.1) is 0 Å². The molecular weight excluding hydrogens is 175 g/mol. The first-order valence-electron chi connectivity index (χ1n) is 2.72. The zero-order valence-corrected chi connectivity index (χ0v) is 6.79. The van der Waals surface area contributed by atoms with E-state index in [1.54, 1.807) is 0 Å². The molecule has 0 fully saturated rings. The summed E-state index contributed by atoms with van der Waals surface area (Å²) in [6.45, 7) is 0.130. The van der Waals surface area contributed by atoms with Crippen LogP contribution in [0.2, 0.25) is 0 Å². The summed E-state index contributed by atoms with van der Waals surface area (Å²) in [6, 6.07) is 7.74. The van der Waals surface area contributed by atoms with Crippen molar-refractivity contribution in [2.24, 2.45) is 0 Å². The maximum absolute atomic E-state index is 8.71. The summed E-state index contributed by atoms with van der Waals surface area (Å²) >= 11 is 2.43. The number of hydrogen-bond acceptors (Lipinski definition) is 1. The molecule has 1 rings (SSSR count). The molecule has 1 nitrogen and oxygen atoms in total. The molecule has 1 aromatic carbocycles. The number of rotatable bonds is 1. The van der Waals surface area contributed by atoms with Crippen LogP contribution in [0.3, 0.4) is 0 Å². The van der Waals surface area contributed by atoms with Crippen molar-refractivity contribution < 1.29 is 5.11 Å². The molecule has 2 radical (unpaired) electrons. The Balaban J connectivity index is 3.01. The molecule has 9 heavy (non-hydrogen) atoms. The van der Waals surface area contributed by atoms with Crippen LogP contribution in [-0.2, 0) is 6.61 Å². The van der Waals surface area contributed by atoms with E-state index in [1.807, 2.05) is 24.3 Å². The third kappa shape index (κ3) is 1.57. The Morgan fingerprint density at radius 2 is 2.00 bits per heavy atom. The summed E-state index contributed by atoms with van der Waals surface area (Å²) in [6.07, 6.45) is 0. The molecule has 0 aromatic heterocycles. The fourth-order valence-electron chi connectivity index (χ4n) is 0.645. The molecule has 0 heterocycles. The Labute approximate surface area is 63.2 Å². The first kappa shape index (κ1) is 6.85. The van der Waals surface area contributed by atoms with E-state index in [0.717, 1.165) is 9.91 Å². The summed E-state index contributed by atoms with van der Waals surface area (Å²) in [5.74, 6) is 0.